The molecule has 4 nitrogen and oxygen atoms in total. The molecule has 6 heteroatoms. The molecule has 0 unspecified atom stereocenters. The van der Waals surface area contributed by atoms with E-state index in [-0.39, 0.29) is 25.0 Å². The monoisotopic (exact) mass is 373 g/mol. The van der Waals surface area contributed by atoms with Crippen LogP contribution in [0.15, 0.2) is 59.5 Å². The van der Waals surface area contributed by atoms with Gasteiger partial charge in [-0.15, -0.1) is 11.8 Å². The van der Waals surface area contributed by atoms with Crippen molar-refractivity contribution in [2.45, 2.75) is 6.54 Å². The van der Waals surface area contributed by atoms with Crippen molar-refractivity contribution in [3.05, 3.63) is 75.7 Å². The Balaban J connectivity index is 1.96. The summed E-state index contributed by atoms with van der Waals surface area (Å²) in [6.45, 7) is 0.0546. The van der Waals surface area contributed by atoms with E-state index in [4.69, 9.17) is 16.7 Å². The molecule has 3 rings (SSSR count). The number of rotatable bonds is 6. The van der Waals surface area contributed by atoms with E-state index in [2.05, 4.69) is 0 Å². The van der Waals surface area contributed by atoms with E-state index in [1.807, 2.05) is 24.3 Å². The molecule has 2 aromatic rings. The molecule has 1 aliphatic rings. The number of hydrogen-bond donors (Lipinski definition) is 1. The third-order valence-electron chi connectivity index (χ3n) is 3.81. The number of amides is 2. The fourth-order valence-corrected chi connectivity index (χ4v) is 3.71. The van der Waals surface area contributed by atoms with Crippen LogP contribution in [-0.2, 0) is 16.1 Å². The molecule has 1 aliphatic heterocycles. The average Bonchev–Trinajstić information content (AvgIpc) is 2.86. The second kappa shape index (κ2) is 7.87. The number of imide groups is 1. The summed E-state index contributed by atoms with van der Waals surface area (Å²) in [6, 6.07) is 16.3. The number of aliphatic hydroxyl groups excluding tert-OH is 1. The van der Waals surface area contributed by atoms with Gasteiger partial charge in [0.2, 0.25) is 0 Å². The van der Waals surface area contributed by atoms with Crippen molar-refractivity contribution in [1.29, 1.82) is 0 Å². The van der Waals surface area contributed by atoms with Crippen LogP contribution < -0.4 is 0 Å². The highest BCUT2D eigenvalue weighted by Gasteiger charge is 2.39. The molecular formula is C19H16ClNO3S. The van der Waals surface area contributed by atoms with Crippen LogP contribution in [0.4, 0.5) is 0 Å². The zero-order valence-electron chi connectivity index (χ0n) is 13.3. The van der Waals surface area contributed by atoms with Gasteiger partial charge in [-0.1, -0.05) is 60.1 Å². The van der Waals surface area contributed by atoms with Crippen molar-refractivity contribution >= 4 is 40.8 Å². The molecule has 0 bridgehead atoms. The average molecular weight is 374 g/mol. The van der Waals surface area contributed by atoms with Gasteiger partial charge in [-0.25, -0.2) is 0 Å². The van der Waals surface area contributed by atoms with Crippen LogP contribution in [-0.4, -0.2) is 34.2 Å². The fourth-order valence-electron chi connectivity index (χ4n) is 2.64. The molecule has 2 aromatic carbocycles. The number of carbonyl (C=O) groups is 2. The molecule has 0 spiro atoms. The first-order valence-electron chi connectivity index (χ1n) is 7.76. The van der Waals surface area contributed by atoms with Gasteiger partial charge >= 0.3 is 0 Å². The molecule has 0 atom stereocenters. The van der Waals surface area contributed by atoms with Crippen LogP contribution in [0.3, 0.4) is 0 Å². The summed E-state index contributed by atoms with van der Waals surface area (Å²) < 4.78 is 0. The van der Waals surface area contributed by atoms with Gasteiger partial charge < -0.3 is 5.11 Å². The van der Waals surface area contributed by atoms with E-state index in [0.717, 1.165) is 0 Å². The van der Waals surface area contributed by atoms with Gasteiger partial charge in [0.15, 0.2) is 0 Å². The van der Waals surface area contributed by atoms with Crippen molar-refractivity contribution in [1.82, 2.24) is 4.90 Å². The summed E-state index contributed by atoms with van der Waals surface area (Å²) in [7, 11) is 0. The first kappa shape index (κ1) is 17.7. The summed E-state index contributed by atoms with van der Waals surface area (Å²) in [4.78, 5) is 27.3. The first-order valence-corrected chi connectivity index (χ1v) is 9.12. The Bertz CT molecular complexity index is 836. The maximum atomic E-state index is 12.9. The topological polar surface area (TPSA) is 57.6 Å². The Morgan fingerprint density at radius 2 is 1.64 bits per heavy atom. The number of carbonyl (C=O) groups excluding carboxylic acids is 2. The van der Waals surface area contributed by atoms with Gasteiger partial charge in [-0.05, 0) is 17.2 Å². The highest BCUT2D eigenvalue weighted by molar-refractivity contribution is 8.04. The highest BCUT2D eigenvalue weighted by atomic mass is 35.5. The molecule has 128 valence electrons. The lowest BCUT2D eigenvalue weighted by atomic mass is 10.1. The van der Waals surface area contributed by atoms with Gasteiger partial charge in [0.25, 0.3) is 11.8 Å². The Kier molecular flexibility index (Phi) is 5.58. The number of hydrogen-bond acceptors (Lipinski definition) is 4. The zero-order chi connectivity index (χ0) is 17.8. The third kappa shape index (κ3) is 3.63. The van der Waals surface area contributed by atoms with Crippen molar-refractivity contribution in [3.8, 4) is 0 Å². The molecule has 0 aromatic heterocycles. The van der Waals surface area contributed by atoms with E-state index in [1.54, 1.807) is 30.3 Å². The summed E-state index contributed by atoms with van der Waals surface area (Å²) in [6.07, 6.45) is 0. The quantitative estimate of drug-likeness (QED) is 0.789. The molecular weight excluding hydrogens is 358 g/mol. The molecule has 25 heavy (non-hydrogen) atoms. The predicted octanol–water partition coefficient (Wildman–Crippen LogP) is 3.35. The SMILES string of the molecule is O=C1C(SCCO)=C(c2ccccc2)C(=O)N1Cc1ccccc1Cl. The van der Waals surface area contributed by atoms with Crippen LogP contribution in [0, 0.1) is 0 Å². The Morgan fingerprint density at radius 1 is 0.960 bits per heavy atom. The molecule has 2 amide bonds. The smallest absolute Gasteiger partial charge is 0.268 e. The van der Waals surface area contributed by atoms with Crippen LogP contribution in [0.2, 0.25) is 5.02 Å². The van der Waals surface area contributed by atoms with E-state index < -0.39 is 0 Å². The summed E-state index contributed by atoms with van der Waals surface area (Å²) in [5.74, 6) is -0.330. The minimum atomic E-state index is -0.345. The van der Waals surface area contributed by atoms with Crippen molar-refractivity contribution in [2.24, 2.45) is 0 Å². The van der Waals surface area contributed by atoms with Gasteiger partial charge in [-0.2, -0.15) is 0 Å². The molecule has 0 fully saturated rings. The molecule has 1 N–H and O–H groups in total. The Labute approximate surface area is 155 Å². The number of benzene rings is 2. The molecule has 0 radical (unpaired) electrons. The summed E-state index contributed by atoms with van der Waals surface area (Å²) in [5.41, 5.74) is 1.80. The van der Waals surface area contributed by atoms with Crippen LogP contribution in [0.5, 0.6) is 0 Å². The standard InChI is InChI=1S/C19H16ClNO3S/c20-15-9-5-4-8-14(15)12-21-18(23)16(13-6-2-1-3-7-13)17(19(21)24)25-11-10-22/h1-9,22H,10-12H2. The van der Waals surface area contributed by atoms with Gasteiger partial charge in [0.1, 0.15) is 0 Å². The zero-order valence-corrected chi connectivity index (χ0v) is 14.9. The molecule has 1 heterocycles. The maximum Gasteiger partial charge on any atom is 0.268 e. The maximum absolute atomic E-state index is 12.9. The molecule has 0 aliphatic carbocycles. The van der Waals surface area contributed by atoms with Gasteiger partial charge in [-0.3, -0.25) is 14.5 Å². The summed E-state index contributed by atoms with van der Waals surface area (Å²) in [5, 5.41) is 9.62. The molecule has 0 saturated carbocycles. The lowest BCUT2D eigenvalue weighted by Gasteiger charge is -2.16. The Hall–Kier alpha value is -2.08. The van der Waals surface area contributed by atoms with Crippen LogP contribution in [0.1, 0.15) is 11.1 Å². The lowest BCUT2D eigenvalue weighted by molar-refractivity contribution is -0.137. The van der Waals surface area contributed by atoms with Crippen molar-refractivity contribution < 1.29 is 14.7 Å². The second-order valence-corrected chi connectivity index (χ2v) is 6.94. The third-order valence-corrected chi connectivity index (χ3v) is 5.23. The van der Waals surface area contributed by atoms with E-state index >= 15 is 0 Å². The fraction of sp³-hybridized carbons (Fsp3) is 0.158. The number of thioether (sulfide) groups is 1. The normalized spacial score (nSPS) is 14.6. The van der Waals surface area contributed by atoms with E-state index in [9.17, 15) is 9.59 Å². The lowest BCUT2D eigenvalue weighted by Crippen LogP contribution is -2.31. The second-order valence-electron chi connectivity index (χ2n) is 5.43. The molecule has 0 saturated heterocycles. The van der Waals surface area contributed by atoms with Gasteiger partial charge in [0.05, 0.1) is 23.6 Å². The largest absolute Gasteiger partial charge is 0.396 e. The predicted molar refractivity (Wildman–Crippen MR) is 99.9 cm³/mol. The minimum Gasteiger partial charge on any atom is -0.396 e. The minimum absolute atomic E-state index is 0.0672. The highest BCUT2D eigenvalue weighted by Crippen LogP contribution is 2.37. The number of halogens is 1. The van der Waals surface area contributed by atoms with Crippen molar-refractivity contribution in [2.75, 3.05) is 12.4 Å². The van der Waals surface area contributed by atoms with E-state index in [1.165, 1.54) is 16.7 Å². The first-order chi connectivity index (χ1) is 12.1. The van der Waals surface area contributed by atoms with Gasteiger partial charge in [0, 0.05) is 10.8 Å². The Morgan fingerprint density at radius 3 is 2.32 bits per heavy atom. The number of nitrogens with zero attached hydrogens (tertiary/aromatic N) is 1. The van der Waals surface area contributed by atoms with E-state index in [0.29, 0.717) is 32.4 Å². The summed E-state index contributed by atoms with van der Waals surface area (Å²) >= 11 is 7.37. The van der Waals surface area contributed by atoms with Crippen LogP contribution in [0.25, 0.3) is 5.57 Å². The van der Waals surface area contributed by atoms with Crippen LogP contribution >= 0.6 is 23.4 Å². The number of aliphatic hydroxyl groups is 1. The van der Waals surface area contributed by atoms with Crippen molar-refractivity contribution in [3.63, 3.8) is 0 Å².